The number of nitrogens with zero attached hydrogens (tertiary/aromatic N) is 1. The van der Waals surface area contributed by atoms with Gasteiger partial charge < -0.3 is 4.90 Å². The Morgan fingerprint density at radius 2 is 1.86 bits per heavy atom. The highest BCUT2D eigenvalue weighted by atomic mass is 19.1. The lowest BCUT2D eigenvalue weighted by molar-refractivity contribution is 0.0420. The molecule has 1 nitrogen and oxygen atoms in total. The van der Waals surface area contributed by atoms with E-state index in [1.807, 2.05) is 6.08 Å². The van der Waals surface area contributed by atoms with Gasteiger partial charge in [-0.25, -0.2) is 4.39 Å². The van der Waals surface area contributed by atoms with Gasteiger partial charge in [0, 0.05) is 18.8 Å². The van der Waals surface area contributed by atoms with E-state index in [4.69, 9.17) is 0 Å². The van der Waals surface area contributed by atoms with E-state index in [1.54, 1.807) is 13.8 Å². The Balaban J connectivity index is 1.61. The van der Waals surface area contributed by atoms with Crippen LogP contribution in [0.3, 0.4) is 0 Å². The second kappa shape index (κ2) is 12.9. The molecular weight excluding hydrogens is 441 g/mol. The van der Waals surface area contributed by atoms with Gasteiger partial charge >= 0.3 is 0 Å². The molecule has 1 aliphatic heterocycles. The maximum absolute atomic E-state index is 13.8. The summed E-state index contributed by atoms with van der Waals surface area (Å²) in [7, 11) is 0. The molecule has 1 saturated heterocycles. The molecule has 1 spiro atoms. The smallest absolute Gasteiger partial charge is 0.105 e. The van der Waals surface area contributed by atoms with Crippen LogP contribution in [0.4, 0.5) is 4.39 Å². The summed E-state index contributed by atoms with van der Waals surface area (Å²) in [4.78, 5) is 2.51. The summed E-state index contributed by atoms with van der Waals surface area (Å²) in [5, 5.41) is 0. The van der Waals surface area contributed by atoms with Crippen LogP contribution in [0.1, 0.15) is 96.6 Å². The van der Waals surface area contributed by atoms with Gasteiger partial charge in [-0.2, -0.15) is 0 Å². The fourth-order valence-electron chi connectivity index (χ4n) is 6.74. The average Bonchev–Trinajstić information content (AvgIpc) is 2.84. The van der Waals surface area contributed by atoms with Gasteiger partial charge in [0.05, 0.1) is 0 Å². The first-order valence-electron chi connectivity index (χ1n) is 14.4. The first kappa shape index (κ1) is 28.5. The third-order valence-electron chi connectivity index (χ3n) is 8.68. The number of piperidine rings is 1. The lowest BCUT2D eigenvalue weighted by Crippen LogP contribution is -2.43. The number of hydrogen-bond acceptors (Lipinski definition) is 1. The van der Waals surface area contributed by atoms with Crippen molar-refractivity contribution in [3.05, 3.63) is 78.4 Å². The fourth-order valence-corrected chi connectivity index (χ4v) is 6.74. The zero-order valence-corrected chi connectivity index (χ0v) is 23.5. The van der Waals surface area contributed by atoms with Crippen molar-refractivity contribution in [1.29, 1.82) is 0 Å². The molecule has 1 aromatic rings. The molecule has 3 rings (SSSR count). The molecular formula is C34H50FN. The molecule has 198 valence electrons. The number of alkyl halides is 1. The van der Waals surface area contributed by atoms with E-state index in [0.29, 0.717) is 17.8 Å². The first-order valence-corrected chi connectivity index (χ1v) is 14.4. The van der Waals surface area contributed by atoms with Crippen molar-refractivity contribution in [1.82, 2.24) is 4.90 Å². The number of likely N-dealkylation sites (tertiary alicyclic amines) is 1. The Bertz CT molecular complexity index is 905. The number of rotatable bonds is 11. The van der Waals surface area contributed by atoms with Crippen LogP contribution in [-0.2, 0) is 6.42 Å². The lowest BCUT2D eigenvalue weighted by atomic mass is 9.59. The number of hydrogen-bond donors (Lipinski definition) is 0. The third kappa shape index (κ3) is 7.95. The Morgan fingerprint density at radius 1 is 1.17 bits per heavy atom. The standard InChI is InChI=1S/C34H50FN/c1-7-10-14-30(9-3)32-24-29(12-8-2)25-34(26-32)20-22-36(23-21-34)27(4)31-17-15-28(16-18-31)13-11-19-33(5,6)35/h7,9-10,14-18,29,32H,1,4,8,11-13,19-26H2,2-3,5-6H3/b14-10-,30-9+. The van der Waals surface area contributed by atoms with Gasteiger partial charge in [0.1, 0.15) is 5.67 Å². The van der Waals surface area contributed by atoms with Crippen LogP contribution in [0.2, 0.25) is 0 Å². The second-order valence-corrected chi connectivity index (χ2v) is 12.1. The predicted octanol–water partition coefficient (Wildman–Crippen LogP) is 9.72. The van der Waals surface area contributed by atoms with E-state index in [0.717, 1.165) is 37.5 Å². The van der Waals surface area contributed by atoms with Gasteiger partial charge in [0.15, 0.2) is 0 Å². The minimum absolute atomic E-state index is 0.462. The lowest BCUT2D eigenvalue weighted by Gasteiger charge is -2.50. The van der Waals surface area contributed by atoms with Gasteiger partial charge in [-0.05, 0) is 106 Å². The zero-order chi connectivity index (χ0) is 26.2. The quantitative estimate of drug-likeness (QED) is 0.278. The molecule has 2 fully saturated rings. The molecule has 1 aromatic carbocycles. The largest absolute Gasteiger partial charge is 0.371 e. The van der Waals surface area contributed by atoms with Crippen molar-refractivity contribution >= 4 is 5.70 Å². The molecule has 0 aromatic heterocycles. The van der Waals surface area contributed by atoms with E-state index in [9.17, 15) is 4.39 Å². The average molecular weight is 492 g/mol. The predicted molar refractivity (Wildman–Crippen MR) is 156 cm³/mol. The third-order valence-corrected chi connectivity index (χ3v) is 8.68. The molecule has 36 heavy (non-hydrogen) atoms. The normalized spacial score (nSPS) is 22.8. The first-order chi connectivity index (χ1) is 17.2. The highest BCUT2D eigenvalue weighted by Gasteiger charge is 2.42. The fraction of sp³-hybridized carbons (Fsp3) is 0.588. The van der Waals surface area contributed by atoms with Crippen LogP contribution in [0.15, 0.2) is 67.3 Å². The van der Waals surface area contributed by atoms with Gasteiger partial charge in [0.2, 0.25) is 0 Å². The zero-order valence-electron chi connectivity index (χ0n) is 23.5. The van der Waals surface area contributed by atoms with Crippen LogP contribution in [0.5, 0.6) is 0 Å². The van der Waals surface area contributed by atoms with E-state index >= 15 is 0 Å². The summed E-state index contributed by atoms with van der Waals surface area (Å²) in [6.07, 6.45) is 20.3. The maximum atomic E-state index is 13.8. The van der Waals surface area contributed by atoms with Crippen molar-refractivity contribution in [3.8, 4) is 0 Å². The van der Waals surface area contributed by atoms with E-state index in [2.05, 4.69) is 74.4 Å². The summed E-state index contributed by atoms with van der Waals surface area (Å²) < 4.78 is 13.8. The van der Waals surface area contributed by atoms with Crippen molar-refractivity contribution < 1.29 is 4.39 Å². The minimum Gasteiger partial charge on any atom is -0.371 e. The molecule has 0 bridgehead atoms. The van der Waals surface area contributed by atoms with Gasteiger partial charge in [0.25, 0.3) is 0 Å². The van der Waals surface area contributed by atoms with Crippen LogP contribution < -0.4 is 0 Å². The Hall–Kier alpha value is -2.09. The summed E-state index contributed by atoms with van der Waals surface area (Å²) in [6, 6.07) is 8.82. The molecule has 2 heteroatoms. The van der Waals surface area contributed by atoms with E-state index in [1.165, 1.54) is 61.6 Å². The highest BCUT2D eigenvalue weighted by molar-refractivity contribution is 5.62. The van der Waals surface area contributed by atoms with Crippen LogP contribution in [0.25, 0.3) is 5.70 Å². The summed E-state index contributed by atoms with van der Waals surface area (Å²) in [5.74, 6) is 1.51. The number of allylic oxidation sites excluding steroid dienone is 5. The van der Waals surface area contributed by atoms with Crippen molar-refractivity contribution in [2.45, 2.75) is 97.6 Å². The minimum atomic E-state index is -1.08. The van der Waals surface area contributed by atoms with E-state index in [-0.39, 0.29) is 0 Å². The van der Waals surface area contributed by atoms with Crippen molar-refractivity contribution in [3.63, 3.8) is 0 Å². The molecule has 0 radical (unpaired) electrons. The van der Waals surface area contributed by atoms with Gasteiger partial charge in [-0.3, -0.25) is 0 Å². The van der Waals surface area contributed by atoms with Crippen molar-refractivity contribution in [2.24, 2.45) is 17.3 Å². The molecule has 1 heterocycles. The van der Waals surface area contributed by atoms with Crippen LogP contribution >= 0.6 is 0 Å². The summed E-state index contributed by atoms with van der Waals surface area (Å²) in [6.45, 7) is 18.4. The topological polar surface area (TPSA) is 3.24 Å². The Labute approximate surface area is 221 Å². The monoisotopic (exact) mass is 491 g/mol. The molecule has 0 N–H and O–H groups in total. The second-order valence-electron chi connectivity index (χ2n) is 12.1. The maximum Gasteiger partial charge on any atom is 0.105 e. The Kier molecular flexibility index (Phi) is 10.2. The molecule has 1 aliphatic carbocycles. The van der Waals surface area contributed by atoms with Gasteiger partial charge in [-0.1, -0.05) is 81.5 Å². The SMILES string of the molecule is C=C/C=C\C(=C/C)C1CC(CCC)CC2(CCN(C(=C)c3ccc(CCCC(C)(C)F)cc3)CC2)C1. The summed E-state index contributed by atoms with van der Waals surface area (Å²) >= 11 is 0. The molecule has 2 atom stereocenters. The number of halogens is 1. The Morgan fingerprint density at radius 3 is 2.44 bits per heavy atom. The molecule has 2 aliphatic rings. The summed E-state index contributed by atoms with van der Waals surface area (Å²) in [5.41, 5.74) is 4.54. The van der Waals surface area contributed by atoms with Crippen molar-refractivity contribution in [2.75, 3.05) is 13.1 Å². The molecule has 0 amide bonds. The van der Waals surface area contributed by atoms with Crippen LogP contribution in [-0.4, -0.2) is 23.7 Å². The number of aryl methyl sites for hydroxylation is 1. The van der Waals surface area contributed by atoms with Crippen LogP contribution in [0, 0.1) is 17.3 Å². The molecule has 1 saturated carbocycles. The number of benzene rings is 1. The van der Waals surface area contributed by atoms with Gasteiger partial charge in [-0.15, -0.1) is 0 Å². The highest BCUT2D eigenvalue weighted by Crippen LogP contribution is 2.52. The molecule has 2 unspecified atom stereocenters. The van der Waals surface area contributed by atoms with E-state index < -0.39 is 5.67 Å².